The molecular weight excluding hydrogens is 306 g/mol. The Morgan fingerprint density at radius 2 is 1.96 bits per heavy atom. The van der Waals surface area contributed by atoms with Crippen molar-refractivity contribution < 1.29 is 14.6 Å². The number of aromatic nitrogens is 2. The molecule has 0 bridgehead atoms. The third-order valence-corrected chi connectivity index (χ3v) is 3.09. The van der Waals surface area contributed by atoms with Crippen LogP contribution in [0.25, 0.3) is 0 Å². The Kier molecular flexibility index (Phi) is 4.64. The number of anilines is 1. The number of carbonyl (C=O) groups is 1. The molecule has 2 rings (SSSR count). The lowest BCUT2D eigenvalue weighted by molar-refractivity contribution is -0.385. The van der Waals surface area contributed by atoms with E-state index in [1.165, 1.54) is 29.1 Å². The molecule has 23 heavy (non-hydrogen) atoms. The van der Waals surface area contributed by atoms with Gasteiger partial charge in [0.15, 0.2) is 0 Å². The molecule has 10 heteroatoms. The van der Waals surface area contributed by atoms with E-state index >= 15 is 0 Å². The Bertz CT molecular complexity index is 770. The van der Waals surface area contributed by atoms with Gasteiger partial charge in [0.1, 0.15) is 12.4 Å². The van der Waals surface area contributed by atoms with Crippen molar-refractivity contribution in [3.8, 4) is 0 Å². The summed E-state index contributed by atoms with van der Waals surface area (Å²) in [6, 6.07) is 4.13. The van der Waals surface area contributed by atoms with Crippen LogP contribution < -0.4 is 5.32 Å². The smallest absolute Gasteiger partial charge is 0.306 e. The highest BCUT2D eigenvalue weighted by Gasteiger charge is 2.12. The summed E-state index contributed by atoms with van der Waals surface area (Å²) in [6.45, 7) is 1.84. The van der Waals surface area contributed by atoms with E-state index in [4.69, 9.17) is 0 Å². The maximum Gasteiger partial charge on any atom is 0.306 e. The van der Waals surface area contributed by atoms with Crippen LogP contribution in [-0.4, -0.2) is 25.5 Å². The molecule has 10 nitrogen and oxygen atoms in total. The van der Waals surface area contributed by atoms with Gasteiger partial charge in [0.2, 0.25) is 5.91 Å². The van der Waals surface area contributed by atoms with E-state index in [0.29, 0.717) is 11.3 Å². The van der Waals surface area contributed by atoms with Gasteiger partial charge in [-0.1, -0.05) is 0 Å². The second-order valence-electron chi connectivity index (χ2n) is 4.77. The van der Waals surface area contributed by atoms with Crippen LogP contribution >= 0.6 is 0 Å². The van der Waals surface area contributed by atoms with Crippen molar-refractivity contribution in [1.29, 1.82) is 0 Å². The van der Waals surface area contributed by atoms with Crippen LogP contribution in [0, 0.1) is 27.2 Å². The Morgan fingerprint density at radius 1 is 1.26 bits per heavy atom. The lowest BCUT2D eigenvalue weighted by Gasteiger charge is -2.08. The summed E-state index contributed by atoms with van der Waals surface area (Å²) in [6.07, 6.45) is 2.41. The zero-order chi connectivity index (χ0) is 17.0. The molecule has 0 aliphatic carbocycles. The van der Waals surface area contributed by atoms with Gasteiger partial charge < -0.3 is 5.32 Å². The summed E-state index contributed by atoms with van der Waals surface area (Å²) in [5, 5.41) is 27.6. The number of hydrogen-bond donors (Lipinski definition) is 1. The first-order valence-corrected chi connectivity index (χ1v) is 6.58. The molecule has 0 unspecified atom stereocenters. The average molecular weight is 319 g/mol. The Balaban J connectivity index is 1.94. The van der Waals surface area contributed by atoms with Crippen molar-refractivity contribution >= 4 is 23.0 Å². The van der Waals surface area contributed by atoms with E-state index in [1.807, 2.05) is 0 Å². The number of non-ortho nitro benzene ring substituents is 1. The minimum Gasteiger partial charge on any atom is -0.326 e. The lowest BCUT2D eigenvalue weighted by Crippen LogP contribution is -2.15. The van der Waals surface area contributed by atoms with E-state index in [9.17, 15) is 25.0 Å². The minimum atomic E-state index is -0.566. The highest BCUT2D eigenvalue weighted by atomic mass is 16.6. The van der Waals surface area contributed by atoms with Gasteiger partial charge >= 0.3 is 5.69 Å². The van der Waals surface area contributed by atoms with Crippen molar-refractivity contribution in [1.82, 2.24) is 9.78 Å². The number of benzene rings is 1. The van der Waals surface area contributed by atoms with Crippen LogP contribution in [0.4, 0.5) is 17.1 Å². The molecule has 1 aromatic heterocycles. The van der Waals surface area contributed by atoms with Gasteiger partial charge in [0, 0.05) is 30.8 Å². The third-order valence-electron chi connectivity index (χ3n) is 3.09. The van der Waals surface area contributed by atoms with Gasteiger partial charge in [-0.25, -0.2) is 0 Å². The second kappa shape index (κ2) is 6.64. The molecule has 120 valence electrons. The Hall–Kier alpha value is -3.30. The zero-order valence-electron chi connectivity index (χ0n) is 12.1. The van der Waals surface area contributed by atoms with Crippen molar-refractivity contribution in [3.63, 3.8) is 0 Å². The molecule has 0 atom stereocenters. The summed E-state index contributed by atoms with van der Waals surface area (Å²) >= 11 is 0. The molecule has 1 amide bonds. The molecule has 0 spiro atoms. The Labute approximate surface area is 130 Å². The number of hydrogen-bond acceptors (Lipinski definition) is 6. The molecule has 0 saturated carbocycles. The van der Waals surface area contributed by atoms with Gasteiger partial charge in [0.25, 0.3) is 5.69 Å². The van der Waals surface area contributed by atoms with Gasteiger partial charge in [0.05, 0.1) is 9.85 Å². The Morgan fingerprint density at radius 3 is 2.52 bits per heavy atom. The molecular formula is C13H13N5O5. The molecule has 2 aromatic rings. The van der Waals surface area contributed by atoms with E-state index in [1.54, 1.807) is 6.92 Å². The standard InChI is InChI=1S/C13H13N5O5/c1-9-6-10(17(20)21)2-3-12(9)15-13(19)4-5-16-8-11(7-14-16)18(22)23/h2-3,6-8H,4-5H2,1H3,(H,15,19). The summed E-state index contributed by atoms with van der Waals surface area (Å²) in [5.41, 5.74) is 0.857. The van der Waals surface area contributed by atoms with Crippen molar-refractivity contribution in [2.75, 3.05) is 5.32 Å². The van der Waals surface area contributed by atoms with Gasteiger partial charge in [-0.3, -0.25) is 29.7 Å². The maximum atomic E-state index is 11.9. The van der Waals surface area contributed by atoms with E-state index in [0.717, 1.165) is 6.20 Å². The first-order chi connectivity index (χ1) is 10.9. The SMILES string of the molecule is Cc1cc([N+](=O)[O-])ccc1NC(=O)CCn1cc([N+](=O)[O-])cn1. The number of nitro benzene ring substituents is 1. The van der Waals surface area contributed by atoms with Crippen molar-refractivity contribution in [2.45, 2.75) is 19.9 Å². The predicted octanol–water partition coefficient (Wildman–Crippen LogP) is 2.04. The fourth-order valence-corrected chi connectivity index (χ4v) is 1.90. The largest absolute Gasteiger partial charge is 0.326 e. The van der Waals surface area contributed by atoms with Gasteiger partial charge in [-0.2, -0.15) is 5.10 Å². The first kappa shape index (κ1) is 16.1. The third kappa shape index (κ3) is 4.09. The molecule has 1 N–H and O–H groups in total. The number of nitro groups is 2. The lowest BCUT2D eigenvalue weighted by atomic mass is 10.1. The van der Waals surface area contributed by atoms with Crippen LogP contribution in [0.1, 0.15) is 12.0 Å². The molecule has 0 fully saturated rings. The van der Waals surface area contributed by atoms with Crippen LogP contribution in [0.2, 0.25) is 0 Å². The first-order valence-electron chi connectivity index (χ1n) is 6.58. The fourth-order valence-electron chi connectivity index (χ4n) is 1.90. The van der Waals surface area contributed by atoms with Gasteiger partial charge in [-0.05, 0) is 18.6 Å². The number of amides is 1. The van der Waals surface area contributed by atoms with Gasteiger partial charge in [-0.15, -0.1) is 0 Å². The van der Waals surface area contributed by atoms with Crippen LogP contribution in [0.5, 0.6) is 0 Å². The molecule has 0 aliphatic heterocycles. The van der Waals surface area contributed by atoms with Crippen molar-refractivity contribution in [2.24, 2.45) is 0 Å². The number of aryl methyl sites for hydroxylation is 2. The zero-order valence-corrected chi connectivity index (χ0v) is 12.1. The highest BCUT2D eigenvalue weighted by molar-refractivity contribution is 5.91. The highest BCUT2D eigenvalue weighted by Crippen LogP contribution is 2.21. The van der Waals surface area contributed by atoms with E-state index in [2.05, 4.69) is 10.4 Å². The molecule has 1 heterocycles. The molecule has 1 aromatic carbocycles. The van der Waals surface area contributed by atoms with E-state index < -0.39 is 9.85 Å². The molecule has 0 saturated heterocycles. The quantitative estimate of drug-likeness (QED) is 0.639. The minimum absolute atomic E-state index is 0.0515. The van der Waals surface area contributed by atoms with Crippen LogP contribution in [-0.2, 0) is 11.3 Å². The second-order valence-corrected chi connectivity index (χ2v) is 4.77. The predicted molar refractivity (Wildman–Crippen MR) is 80.0 cm³/mol. The average Bonchev–Trinajstić information content (AvgIpc) is 2.96. The van der Waals surface area contributed by atoms with Crippen LogP contribution in [0.15, 0.2) is 30.6 Å². The number of rotatable bonds is 6. The topological polar surface area (TPSA) is 133 Å². The summed E-state index contributed by atoms with van der Waals surface area (Å²) in [7, 11) is 0. The fraction of sp³-hybridized carbons (Fsp3) is 0.231. The number of carbonyl (C=O) groups excluding carboxylic acids is 1. The monoisotopic (exact) mass is 319 g/mol. The number of nitrogens with zero attached hydrogens (tertiary/aromatic N) is 4. The van der Waals surface area contributed by atoms with Crippen molar-refractivity contribution in [3.05, 3.63) is 56.4 Å². The number of nitrogens with one attached hydrogen (secondary N) is 1. The van der Waals surface area contributed by atoms with Crippen LogP contribution in [0.3, 0.4) is 0 Å². The normalized spacial score (nSPS) is 10.3. The molecule has 0 radical (unpaired) electrons. The maximum absolute atomic E-state index is 11.9. The van der Waals surface area contributed by atoms with E-state index in [-0.39, 0.29) is 30.2 Å². The summed E-state index contributed by atoms with van der Waals surface area (Å²) in [4.78, 5) is 32.0. The summed E-state index contributed by atoms with van der Waals surface area (Å²) < 4.78 is 1.31. The summed E-state index contributed by atoms with van der Waals surface area (Å²) in [5.74, 6) is -0.319. The molecule has 0 aliphatic rings.